The van der Waals surface area contributed by atoms with E-state index in [9.17, 15) is 9.59 Å². The molecular weight excluding hydrogens is 232 g/mol. The van der Waals surface area contributed by atoms with E-state index in [1.807, 2.05) is 11.8 Å². The third kappa shape index (κ3) is 5.04. The van der Waals surface area contributed by atoms with Crippen molar-refractivity contribution >= 4 is 11.9 Å². The van der Waals surface area contributed by atoms with Crippen LogP contribution in [-0.2, 0) is 9.59 Å². The van der Waals surface area contributed by atoms with Crippen LogP contribution in [0.1, 0.15) is 45.4 Å². The van der Waals surface area contributed by atoms with Gasteiger partial charge in [-0.3, -0.25) is 9.59 Å². The topological polar surface area (TPSA) is 69.6 Å². The molecule has 5 nitrogen and oxygen atoms in total. The van der Waals surface area contributed by atoms with Crippen molar-refractivity contribution in [3.05, 3.63) is 0 Å². The molecule has 0 saturated carbocycles. The molecule has 0 unspecified atom stereocenters. The Kier molecular flexibility index (Phi) is 6.72. The highest BCUT2D eigenvalue weighted by molar-refractivity contribution is 5.76. The summed E-state index contributed by atoms with van der Waals surface area (Å²) in [5.41, 5.74) is 0. The van der Waals surface area contributed by atoms with Gasteiger partial charge in [0.15, 0.2) is 0 Å². The molecule has 0 aromatic heterocycles. The largest absolute Gasteiger partial charge is 0.481 e. The average Bonchev–Trinajstić information content (AvgIpc) is 2.36. The minimum atomic E-state index is -0.784. The third-order valence-corrected chi connectivity index (χ3v) is 3.44. The highest BCUT2D eigenvalue weighted by Crippen LogP contribution is 2.14. The van der Waals surface area contributed by atoms with Crippen molar-refractivity contribution in [3.63, 3.8) is 0 Å². The van der Waals surface area contributed by atoms with E-state index >= 15 is 0 Å². The predicted molar refractivity (Wildman–Crippen MR) is 69.4 cm³/mol. The lowest BCUT2D eigenvalue weighted by molar-refractivity contribution is -0.138. The van der Waals surface area contributed by atoms with Gasteiger partial charge in [-0.1, -0.05) is 0 Å². The molecule has 0 atom stereocenters. The molecule has 18 heavy (non-hydrogen) atoms. The first-order valence-electron chi connectivity index (χ1n) is 6.87. The third-order valence-electron chi connectivity index (χ3n) is 3.44. The smallest absolute Gasteiger partial charge is 0.303 e. The molecule has 104 valence electrons. The first-order chi connectivity index (χ1) is 8.65. The number of aliphatic carboxylic acids is 1. The van der Waals surface area contributed by atoms with Crippen molar-refractivity contribution in [2.24, 2.45) is 0 Å². The molecule has 0 aliphatic carbocycles. The molecule has 0 aromatic rings. The number of hydrogen-bond donors (Lipinski definition) is 2. The van der Waals surface area contributed by atoms with E-state index in [1.54, 1.807) is 0 Å². The number of carbonyl (C=O) groups excluding carboxylic acids is 1. The molecule has 0 spiro atoms. The van der Waals surface area contributed by atoms with Gasteiger partial charge in [-0.05, 0) is 45.7 Å². The van der Waals surface area contributed by atoms with Gasteiger partial charge in [0.2, 0.25) is 5.91 Å². The maximum atomic E-state index is 12.1. The minimum absolute atomic E-state index is 0.159. The number of unbranched alkanes of at least 4 members (excludes halogenated alkanes) is 1. The molecular formula is C13H24N2O3. The molecule has 5 heteroatoms. The minimum Gasteiger partial charge on any atom is -0.481 e. The first kappa shape index (κ1) is 15.0. The lowest BCUT2D eigenvalue weighted by atomic mass is 10.0. The second-order valence-corrected chi connectivity index (χ2v) is 4.76. The molecule has 1 aliphatic rings. The zero-order valence-corrected chi connectivity index (χ0v) is 11.2. The van der Waals surface area contributed by atoms with Crippen molar-refractivity contribution in [2.75, 3.05) is 19.6 Å². The fourth-order valence-corrected chi connectivity index (χ4v) is 2.45. The van der Waals surface area contributed by atoms with Gasteiger partial charge in [-0.2, -0.15) is 0 Å². The van der Waals surface area contributed by atoms with E-state index in [0.29, 0.717) is 25.3 Å². The number of carboxylic acid groups (broad SMARTS) is 1. The van der Waals surface area contributed by atoms with Crippen LogP contribution in [0.4, 0.5) is 0 Å². The van der Waals surface area contributed by atoms with E-state index in [4.69, 9.17) is 5.11 Å². The number of piperidine rings is 1. The van der Waals surface area contributed by atoms with Crippen molar-refractivity contribution in [2.45, 2.75) is 51.5 Å². The van der Waals surface area contributed by atoms with Crippen LogP contribution in [0.25, 0.3) is 0 Å². The van der Waals surface area contributed by atoms with Crippen molar-refractivity contribution in [1.82, 2.24) is 10.2 Å². The van der Waals surface area contributed by atoms with Crippen LogP contribution >= 0.6 is 0 Å². The lowest BCUT2D eigenvalue weighted by Gasteiger charge is -2.34. The number of amides is 1. The molecule has 1 saturated heterocycles. The van der Waals surface area contributed by atoms with Crippen molar-refractivity contribution in [3.8, 4) is 0 Å². The summed E-state index contributed by atoms with van der Waals surface area (Å²) in [6.07, 6.45) is 3.94. The molecule has 1 amide bonds. The Hall–Kier alpha value is -1.10. The Morgan fingerprint density at radius 3 is 2.39 bits per heavy atom. The van der Waals surface area contributed by atoms with E-state index in [0.717, 1.165) is 32.5 Å². The van der Waals surface area contributed by atoms with Gasteiger partial charge >= 0.3 is 5.97 Å². The maximum absolute atomic E-state index is 12.1. The number of nitrogens with one attached hydrogen (secondary N) is 1. The normalized spacial score (nSPS) is 16.5. The fourth-order valence-electron chi connectivity index (χ4n) is 2.45. The Labute approximate surface area is 109 Å². The van der Waals surface area contributed by atoms with Gasteiger partial charge < -0.3 is 15.3 Å². The maximum Gasteiger partial charge on any atom is 0.303 e. The van der Waals surface area contributed by atoms with Gasteiger partial charge in [0.05, 0.1) is 0 Å². The van der Waals surface area contributed by atoms with E-state index in [1.165, 1.54) is 0 Å². The van der Waals surface area contributed by atoms with E-state index in [2.05, 4.69) is 5.32 Å². The summed E-state index contributed by atoms with van der Waals surface area (Å²) in [6.45, 7) is 4.72. The Bertz CT molecular complexity index is 275. The molecule has 0 aromatic carbocycles. The second kappa shape index (κ2) is 8.08. The molecule has 0 bridgehead atoms. The summed E-state index contributed by atoms with van der Waals surface area (Å²) >= 11 is 0. The standard InChI is InChI=1S/C13H24N2O3/c1-2-15(11-7-9-14-10-8-11)12(16)5-3-4-6-13(17)18/h11,14H,2-10H2,1H3,(H,17,18). The van der Waals surface area contributed by atoms with E-state index < -0.39 is 5.97 Å². The average molecular weight is 256 g/mol. The quantitative estimate of drug-likeness (QED) is 0.672. The summed E-state index contributed by atoms with van der Waals surface area (Å²) in [6, 6.07) is 0.364. The van der Waals surface area contributed by atoms with Crippen LogP contribution in [0.15, 0.2) is 0 Å². The Morgan fingerprint density at radius 1 is 1.22 bits per heavy atom. The van der Waals surface area contributed by atoms with Crippen LogP contribution in [0.5, 0.6) is 0 Å². The summed E-state index contributed by atoms with van der Waals surface area (Å²) in [4.78, 5) is 24.4. The zero-order chi connectivity index (χ0) is 13.4. The lowest BCUT2D eigenvalue weighted by Crippen LogP contribution is -2.46. The number of hydrogen-bond acceptors (Lipinski definition) is 3. The van der Waals surface area contributed by atoms with Gasteiger partial charge in [0.1, 0.15) is 0 Å². The fraction of sp³-hybridized carbons (Fsp3) is 0.846. The number of nitrogens with zero attached hydrogens (tertiary/aromatic N) is 1. The summed E-state index contributed by atoms with van der Waals surface area (Å²) < 4.78 is 0. The Morgan fingerprint density at radius 2 is 1.83 bits per heavy atom. The molecule has 1 fully saturated rings. The zero-order valence-electron chi connectivity index (χ0n) is 11.2. The van der Waals surface area contributed by atoms with Crippen LogP contribution < -0.4 is 5.32 Å². The predicted octanol–water partition coefficient (Wildman–Crippen LogP) is 1.23. The van der Waals surface area contributed by atoms with Crippen LogP contribution in [-0.4, -0.2) is 47.6 Å². The summed E-state index contributed by atoms with van der Waals surface area (Å²) in [5, 5.41) is 11.8. The Balaban J connectivity index is 2.29. The molecule has 0 radical (unpaired) electrons. The summed E-state index contributed by atoms with van der Waals surface area (Å²) in [7, 11) is 0. The molecule has 2 N–H and O–H groups in total. The van der Waals surface area contributed by atoms with Crippen LogP contribution in [0.3, 0.4) is 0 Å². The van der Waals surface area contributed by atoms with Gasteiger partial charge in [-0.15, -0.1) is 0 Å². The number of rotatable bonds is 7. The van der Waals surface area contributed by atoms with Crippen molar-refractivity contribution in [1.29, 1.82) is 0 Å². The molecule has 1 aliphatic heterocycles. The molecule has 1 heterocycles. The SMILES string of the molecule is CCN(C(=O)CCCCC(=O)O)C1CCNCC1. The monoisotopic (exact) mass is 256 g/mol. The highest BCUT2D eigenvalue weighted by atomic mass is 16.4. The second-order valence-electron chi connectivity index (χ2n) is 4.76. The molecule has 1 rings (SSSR count). The highest BCUT2D eigenvalue weighted by Gasteiger charge is 2.23. The van der Waals surface area contributed by atoms with Crippen LogP contribution in [0.2, 0.25) is 0 Å². The number of carboxylic acids is 1. The van der Waals surface area contributed by atoms with Gasteiger partial charge in [-0.25, -0.2) is 0 Å². The first-order valence-corrected chi connectivity index (χ1v) is 6.87. The van der Waals surface area contributed by atoms with Gasteiger partial charge in [0, 0.05) is 25.4 Å². The van der Waals surface area contributed by atoms with Crippen LogP contribution in [0, 0.1) is 0 Å². The van der Waals surface area contributed by atoms with Gasteiger partial charge in [0.25, 0.3) is 0 Å². The summed E-state index contributed by atoms with van der Waals surface area (Å²) in [5.74, 6) is -0.608. The van der Waals surface area contributed by atoms with Crippen molar-refractivity contribution < 1.29 is 14.7 Å². The van der Waals surface area contributed by atoms with E-state index in [-0.39, 0.29) is 12.3 Å². The number of carbonyl (C=O) groups is 2.